The van der Waals surface area contributed by atoms with Crippen LogP contribution in [0.15, 0.2) is 22.7 Å². The van der Waals surface area contributed by atoms with E-state index in [1.807, 2.05) is 6.07 Å². The highest BCUT2D eigenvalue weighted by Gasteiger charge is 2.39. The fourth-order valence-corrected chi connectivity index (χ4v) is 4.13. The van der Waals surface area contributed by atoms with Crippen LogP contribution < -0.4 is 5.32 Å². The van der Waals surface area contributed by atoms with Crippen molar-refractivity contribution in [2.45, 2.75) is 38.3 Å². The molecule has 0 radical (unpaired) electrons. The zero-order valence-electron chi connectivity index (χ0n) is 10.6. The summed E-state index contributed by atoms with van der Waals surface area (Å²) in [5, 5.41) is 14.5. The van der Waals surface area contributed by atoms with Crippen LogP contribution in [0, 0.1) is 22.0 Å². The lowest BCUT2D eigenvalue weighted by molar-refractivity contribution is -0.385. The molecular weight excluding hydrogens is 308 g/mol. The summed E-state index contributed by atoms with van der Waals surface area (Å²) in [5.74, 6) is 1.73. The van der Waals surface area contributed by atoms with Gasteiger partial charge in [-0.2, -0.15) is 0 Å². The average molecular weight is 325 g/mol. The van der Waals surface area contributed by atoms with Crippen molar-refractivity contribution in [3.63, 3.8) is 0 Å². The maximum absolute atomic E-state index is 10.9. The van der Waals surface area contributed by atoms with Gasteiger partial charge in [-0.1, -0.05) is 18.6 Å². The molecule has 0 aromatic heterocycles. The van der Waals surface area contributed by atoms with Crippen LogP contribution in [0.3, 0.4) is 0 Å². The van der Waals surface area contributed by atoms with Crippen LogP contribution in [0.4, 0.5) is 5.69 Å². The highest BCUT2D eigenvalue weighted by molar-refractivity contribution is 9.10. The number of fused-ring (bicyclic) bond motifs is 2. The van der Waals surface area contributed by atoms with Gasteiger partial charge in [0, 0.05) is 18.7 Å². The van der Waals surface area contributed by atoms with Crippen molar-refractivity contribution >= 4 is 21.6 Å². The van der Waals surface area contributed by atoms with E-state index in [1.54, 1.807) is 6.07 Å². The Hall–Kier alpha value is -0.940. The van der Waals surface area contributed by atoms with Crippen molar-refractivity contribution in [1.82, 2.24) is 5.32 Å². The summed E-state index contributed by atoms with van der Waals surface area (Å²) in [7, 11) is 0. The lowest BCUT2D eigenvalue weighted by Crippen LogP contribution is -2.33. The normalized spacial score (nSPS) is 28.8. The largest absolute Gasteiger partial charge is 0.310 e. The summed E-state index contributed by atoms with van der Waals surface area (Å²) in [6, 6.07) is 5.83. The minimum Gasteiger partial charge on any atom is -0.310 e. The molecule has 4 nitrogen and oxygen atoms in total. The van der Waals surface area contributed by atoms with Crippen molar-refractivity contribution in [2.75, 3.05) is 0 Å². The fourth-order valence-electron chi connectivity index (χ4n) is 3.58. The molecule has 3 rings (SSSR count). The molecule has 1 N–H and O–H groups in total. The molecule has 0 aliphatic heterocycles. The van der Waals surface area contributed by atoms with Gasteiger partial charge in [0.1, 0.15) is 0 Å². The maximum Gasteiger partial charge on any atom is 0.283 e. The first kappa shape index (κ1) is 13.1. The number of hydrogen-bond acceptors (Lipinski definition) is 3. The lowest BCUT2D eigenvalue weighted by Gasteiger charge is -2.23. The summed E-state index contributed by atoms with van der Waals surface area (Å²) in [6.07, 6.45) is 5.38. The summed E-state index contributed by atoms with van der Waals surface area (Å²) in [4.78, 5) is 10.6. The SMILES string of the molecule is O=[N+]([O-])c1cccc(CNC2CC3CCC2C3)c1Br. The molecule has 2 aliphatic carbocycles. The number of rotatable bonds is 4. The van der Waals surface area contributed by atoms with E-state index in [1.165, 1.54) is 31.7 Å². The van der Waals surface area contributed by atoms with Gasteiger partial charge in [0.05, 0.1) is 9.40 Å². The number of nitro groups is 1. The van der Waals surface area contributed by atoms with Gasteiger partial charge in [0.2, 0.25) is 0 Å². The van der Waals surface area contributed by atoms with Crippen molar-refractivity contribution in [3.05, 3.63) is 38.3 Å². The number of halogens is 1. The lowest BCUT2D eigenvalue weighted by atomic mass is 9.95. The molecule has 1 aromatic rings. The molecule has 1 aromatic carbocycles. The van der Waals surface area contributed by atoms with Gasteiger partial charge in [0.25, 0.3) is 5.69 Å². The second-order valence-electron chi connectivity index (χ2n) is 5.67. The van der Waals surface area contributed by atoms with E-state index in [4.69, 9.17) is 0 Å². The third kappa shape index (κ3) is 2.54. The predicted molar refractivity (Wildman–Crippen MR) is 76.9 cm³/mol. The molecule has 102 valence electrons. The van der Waals surface area contributed by atoms with Gasteiger partial charge in [0.15, 0.2) is 0 Å². The monoisotopic (exact) mass is 324 g/mol. The molecule has 5 heteroatoms. The Kier molecular flexibility index (Phi) is 3.58. The summed E-state index contributed by atoms with van der Waals surface area (Å²) in [5.41, 5.74) is 1.12. The van der Waals surface area contributed by atoms with Crippen LogP contribution in [0.1, 0.15) is 31.2 Å². The Bertz CT molecular complexity index is 506. The molecule has 2 bridgehead atoms. The minimum absolute atomic E-state index is 0.146. The fraction of sp³-hybridized carbons (Fsp3) is 0.571. The molecule has 3 unspecified atom stereocenters. The molecule has 3 atom stereocenters. The van der Waals surface area contributed by atoms with Crippen molar-refractivity contribution in [2.24, 2.45) is 11.8 Å². The zero-order valence-corrected chi connectivity index (χ0v) is 12.2. The summed E-state index contributed by atoms with van der Waals surface area (Å²) < 4.78 is 0.607. The average Bonchev–Trinajstić information content (AvgIpc) is 2.99. The first-order valence-electron chi connectivity index (χ1n) is 6.80. The molecule has 0 spiro atoms. The van der Waals surface area contributed by atoms with Gasteiger partial charge in [-0.05, 0) is 52.6 Å². The number of nitro benzene ring substituents is 1. The minimum atomic E-state index is -0.342. The Morgan fingerprint density at radius 1 is 1.37 bits per heavy atom. The van der Waals surface area contributed by atoms with E-state index >= 15 is 0 Å². The second kappa shape index (κ2) is 5.21. The van der Waals surface area contributed by atoms with Gasteiger partial charge in [-0.3, -0.25) is 10.1 Å². The first-order chi connectivity index (χ1) is 9.15. The summed E-state index contributed by atoms with van der Waals surface area (Å²) in [6.45, 7) is 0.705. The predicted octanol–water partition coefficient (Wildman–Crippen LogP) is 3.64. The first-order valence-corrected chi connectivity index (χ1v) is 7.59. The third-order valence-corrected chi connectivity index (χ3v) is 5.46. The van der Waals surface area contributed by atoms with Crippen LogP contribution in [0.2, 0.25) is 0 Å². The van der Waals surface area contributed by atoms with E-state index in [0.29, 0.717) is 17.1 Å². The Balaban J connectivity index is 1.67. The van der Waals surface area contributed by atoms with Crippen molar-refractivity contribution in [1.29, 1.82) is 0 Å². The molecule has 19 heavy (non-hydrogen) atoms. The smallest absolute Gasteiger partial charge is 0.283 e. The number of nitrogens with zero attached hydrogens (tertiary/aromatic N) is 1. The number of benzene rings is 1. The standard InChI is InChI=1S/C14H17BrN2O2/c15-14-11(2-1-3-13(14)17(18)19)8-16-12-7-9-4-5-10(12)6-9/h1-3,9-10,12,16H,4-8H2. The van der Waals surface area contributed by atoms with Gasteiger partial charge >= 0.3 is 0 Å². The van der Waals surface area contributed by atoms with Crippen LogP contribution in [0.25, 0.3) is 0 Å². The van der Waals surface area contributed by atoms with Gasteiger partial charge < -0.3 is 5.32 Å². The molecule has 2 fully saturated rings. The van der Waals surface area contributed by atoms with Crippen LogP contribution >= 0.6 is 15.9 Å². The van der Waals surface area contributed by atoms with E-state index in [9.17, 15) is 10.1 Å². The highest BCUT2D eigenvalue weighted by atomic mass is 79.9. The molecular formula is C14H17BrN2O2. The van der Waals surface area contributed by atoms with E-state index in [-0.39, 0.29) is 10.6 Å². The molecule has 0 amide bonds. The maximum atomic E-state index is 10.9. The number of nitrogens with one attached hydrogen (secondary N) is 1. The number of hydrogen-bond donors (Lipinski definition) is 1. The van der Waals surface area contributed by atoms with Crippen molar-refractivity contribution in [3.8, 4) is 0 Å². The Labute approximate surface area is 120 Å². The van der Waals surface area contributed by atoms with E-state index in [0.717, 1.165) is 17.4 Å². The zero-order chi connectivity index (χ0) is 13.4. The van der Waals surface area contributed by atoms with Crippen LogP contribution in [-0.2, 0) is 6.54 Å². The highest BCUT2D eigenvalue weighted by Crippen LogP contribution is 2.44. The molecule has 0 saturated heterocycles. The van der Waals surface area contributed by atoms with E-state index in [2.05, 4.69) is 21.2 Å². The van der Waals surface area contributed by atoms with E-state index < -0.39 is 0 Å². The Morgan fingerprint density at radius 3 is 2.84 bits per heavy atom. The molecule has 2 saturated carbocycles. The quantitative estimate of drug-likeness (QED) is 0.679. The molecule has 0 heterocycles. The second-order valence-corrected chi connectivity index (χ2v) is 6.46. The van der Waals surface area contributed by atoms with Gasteiger partial charge in [-0.15, -0.1) is 0 Å². The van der Waals surface area contributed by atoms with Crippen molar-refractivity contribution < 1.29 is 4.92 Å². The topological polar surface area (TPSA) is 55.2 Å². The molecule has 2 aliphatic rings. The van der Waals surface area contributed by atoms with Crippen LogP contribution in [0.5, 0.6) is 0 Å². The Morgan fingerprint density at radius 2 is 2.21 bits per heavy atom. The third-order valence-electron chi connectivity index (χ3n) is 4.55. The summed E-state index contributed by atoms with van der Waals surface area (Å²) >= 11 is 3.35. The van der Waals surface area contributed by atoms with Gasteiger partial charge in [-0.25, -0.2) is 0 Å². The van der Waals surface area contributed by atoms with Crippen LogP contribution in [-0.4, -0.2) is 11.0 Å².